The SMILES string of the molecule is FC(F)Cc1ncccc1CI. The number of halogens is 3. The average molecular weight is 283 g/mol. The summed E-state index contributed by atoms with van der Waals surface area (Å²) in [7, 11) is 0. The van der Waals surface area contributed by atoms with Crippen LogP contribution in [0.4, 0.5) is 8.78 Å². The fraction of sp³-hybridized carbons (Fsp3) is 0.375. The van der Waals surface area contributed by atoms with E-state index >= 15 is 0 Å². The molecule has 0 spiro atoms. The molecule has 1 nitrogen and oxygen atoms in total. The highest BCUT2D eigenvalue weighted by Crippen LogP contribution is 2.13. The number of pyridine rings is 1. The second-order valence-electron chi connectivity index (χ2n) is 2.34. The second kappa shape index (κ2) is 4.69. The first-order valence-corrected chi connectivity index (χ1v) is 5.03. The van der Waals surface area contributed by atoms with E-state index in [0.29, 0.717) is 5.69 Å². The van der Waals surface area contributed by atoms with Crippen LogP contribution in [0.25, 0.3) is 0 Å². The van der Waals surface area contributed by atoms with Crippen molar-refractivity contribution < 1.29 is 8.78 Å². The van der Waals surface area contributed by atoms with Crippen molar-refractivity contribution in [3.63, 3.8) is 0 Å². The molecule has 0 unspecified atom stereocenters. The molecule has 0 atom stereocenters. The smallest absolute Gasteiger partial charge is 0.244 e. The Morgan fingerprint density at radius 1 is 1.50 bits per heavy atom. The molecular weight excluding hydrogens is 275 g/mol. The Balaban J connectivity index is 2.82. The van der Waals surface area contributed by atoms with Crippen LogP contribution in [0.2, 0.25) is 0 Å². The summed E-state index contributed by atoms with van der Waals surface area (Å²) in [4.78, 5) is 3.90. The van der Waals surface area contributed by atoms with Crippen LogP contribution in [0.3, 0.4) is 0 Å². The van der Waals surface area contributed by atoms with E-state index < -0.39 is 6.43 Å². The Labute approximate surface area is 83.3 Å². The molecule has 0 amide bonds. The van der Waals surface area contributed by atoms with Gasteiger partial charge in [-0.2, -0.15) is 0 Å². The van der Waals surface area contributed by atoms with E-state index in [4.69, 9.17) is 0 Å². The lowest BCUT2D eigenvalue weighted by molar-refractivity contribution is 0.147. The number of hydrogen-bond donors (Lipinski definition) is 0. The Morgan fingerprint density at radius 2 is 2.25 bits per heavy atom. The molecule has 1 rings (SSSR count). The summed E-state index contributed by atoms with van der Waals surface area (Å²) in [6, 6.07) is 3.60. The van der Waals surface area contributed by atoms with Crippen molar-refractivity contribution in [3.8, 4) is 0 Å². The van der Waals surface area contributed by atoms with Gasteiger partial charge < -0.3 is 0 Å². The maximum Gasteiger partial charge on any atom is 0.244 e. The van der Waals surface area contributed by atoms with Crippen molar-refractivity contribution in [2.75, 3.05) is 0 Å². The highest BCUT2D eigenvalue weighted by atomic mass is 127. The Hall–Kier alpha value is -0.260. The first-order valence-electron chi connectivity index (χ1n) is 3.51. The molecular formula is C8H8F2IN. The minimum atomic E-state index is -2.30. The lowest BCUT2D eigenvalue weighted by Gasteiger charge is -2.03. The molecule has 1 heterocycles. The average Bonchev–Trinajstić information content (AvgIpc) is 2.04. The molecule has 0 saturated heterocycles. The second-order valence-corrected chi connectivity index (χ2v) is 3.10. The zero-order valence-corrected chi connectivity index (χ0v) is 8.46. The van der Waals surface area contributed by atoms with E-state index in [1.165, 1.54) is 0 Å². The van der Waals surface area contributed by atoms with Crippen LogP contribution in [-0.4, -0.2) is 11.4 Å². The van der Waals surface area contributed by atoms with E-state index in [9.17, 15) is 8.78 Å². The molecule has 0 aromatic carbocycles. The fourth-order valence-electron chi connectivity index (χ4n) is 0.923. The van der Waals surface area contributed by atoms with Gasteiger partial charge in [0.15, 0.2) is 0 Å². The number of aromatic nitrogens is 1. The van der Waals surface area contributed by atoms with Gasteiger partial charge in [0.2, 0.25) is 6.43 Å². The molecule has 4 heteroatoms. The highest BCUT2D eigenvalue weighted by molar-refractivity contribution is 14.1. The van der Waals surface area contributed by atoms with Gasteiger partial charge >= 0.3 is 0 Å². The largest absolute Gasteiger partial charge is 0.261 e. The summed E-state index contributed by atoms with van der Waals surface area (Å²) < 4.78 is 24.7. The molecule has 0 aliphatic heterocycles. The minimum absolute atomic E-state index is 0.237. The summed E-state index contributed by atoms with van der Waals surface area (Å²) in [6.07, 6.45) is -0.992. The predicted octanol–water partition coefficient (Wildman–Crippen LogP) is 2.82. The number of alkyl halides is 3. The number of hydrogen-bond acceptors (Lipinski definition) is 1. The standard InChI is InChI=1S/C8H8F2IN/c9-8(10)4-7-6(5-11)2-1-3-12-7/h1-3,8H,4-5H2. The van der Waals surface area contributed by atoms with Crippen molar-refractivity contribution in [1.82, 2.24) is 4.98 Å². The van der Waals surface area contributed by atoms with Crippen LogP contribution in [0.5, 0.6) is 0 Å². The molecule has 66 valence electrons. The fourth-order valence-corrected chi connectivity index (χ4v) is 1.62. The van der Waals surface area contributed by atoms with E-state index in [1.807, 2.05) is 6.07 Å². The van der Waals surface area contributed by atoms with Crippen LogP contribution >= 0.6 is 22.6 Å². The van der Waals surface area contributed by atoms with Gasteiger partial charge in [-0.25, -0.2) is 8.78 Å². The van der Waals surface area contributed by atoms with Gasteiger partial charge in [-0.1, -0.05) is 28.7 Å². The third-order valence-corrected chi connectivity index (χ3v) is 2.30. The quantitative estimate of drug-likeness (QED) is 0.614. The van der Waals surface area contributed by atoms with E-state index in [1.54, 1.807) is 12.3 Å². The molecule has 0 fully saturated rings. The van der Waals surface area contributed by atoms with Crippen LogP contribution in [0, 0.1) is 0 Å². The summed E-state index contributed by atoms with van der Waals surface area (Å²) in [5.41, 5.74) is 1.42. The molecule has 12 heavy (non-hydrogen) atoms. The van der Waals surface area contributed by atoms with E-state index in [2.05, 4.69) is 27.6 Å². The van der Waals surface area contributed by atoms with Crippen molar-refractivity contribution in [2.45, 2.75) is 17.3 Å². The van der Waals surface area contributed by atoms with Crippen molar-refractivity contribution in [1.29, 1.82) is 0 Å². The Bertz CT molecular complexity index is 253. The topological polar surface area (TPSA) is 12.9 Å². The molecule has 1 aromatic heterocycles. The molecule has 0 radical (unpaired) electrons. The summed E-state index contributed by atoms with van der Waals surface area (Å²) in [5.74, 6) is 0. The van der Waals surface area contributed by atoms with E-state index in [0.717, 1.165) is 9.99 Å². The maximum absolute atomic E-state index is 12.0. The molecule has 0 bridgehead atoms. The zero-order chi connectivity index (χ0) is 8.97. The maximum atomic E-state index is 12.0. The first kappa shape index (κ1) is 9.83. The zero-order valence-electron chi connectivity index (χ0n) is 6.30. The number of rotatable bonds is 3. The molecule has 0 aliphatic rings. The summed E-state index contributed by atoms with van der Waals surface area (Å²) in [6.45, 7) is 0. The van der Waals surface area contributed by atoms with Gasteiger partial charge in [0.05, 0.1) is 6.42 Å². The van der Waals surface area contributed by atoms with Gasteiger partial charge in [0.1, 0.15) is 0 Å². The first-order chi connectivity index (χ1) is 5.74. The van der Waals surface area contributed by atoms with Crippen LogP contribution in [0.1, 0.15) is 11.3 Å². The van der Waals surface area contributed by atoms with E-state index in [-0.39, 0.29) is 6.42 Å². The summed E-state index contributed by atoms with van der Waals surface area (Å²) >= 11 is 2.14. The molecule has 0 saturated carbocycles. The lowest BCUT2D eigenvalue weighted by Crippen LogP contribution is -2.02. The van der Waals surface area contributed by atoms with Crippen LogP contribution < -0.4 is 0 Å². The minimum Gasteiger partial charge on any atom is -0.261 e. The van der Waals surface area contributed by atoms with Crippen molar-refractivity contribution in [2.24, 2.45) is 0 Å². The summed E-state index contributed by atoms with van der Waals surface area (Å²) in [5, 5.41) is 0. The van der Waals surface area contributed by atoms with Gasteiger partial charge in [0, 0.05) is 16.3 Å². The lowest BCUT2D eigenvalue weighted by atomic mass is 10.2. The van der Waals surface area contributed by atoms with Crippen LogP contribution in [0.15, 0.2) is 18.3 Å². The Morgan fingerprint density at radius 3 is 2.83 bits per heavy atom. The Kier molecular flexibility index (Phi) is 3.84. The van der Waals surface area contributed by atoms with Gasteiger partial charge in [-0.3, -0.25) is 4.98 Å². The molecule has 0 aliphatic carbocycles. The number of nitrogens with zero attached hydrogens (tertiary/aromatic N) is 1. The van der Waals surface area contributed by atoms with Gasteiger partial charge in [0.25, 0.3) is 0 Å². The van der Waals surface area contributed by atoms with Crippen molar-refractivity contribution in [3.05, 3.63) is 29.6 Å². The van der Waals surface area contributed by atoms with Gasteiger partial charge in [-0.15, -0.1) is 0 Å². The van der Waals surface area contributed by atoms with Gasteiger partial charge in [-0.05, 0) is 11.6 Å². The molecule has 0 N–H and O–H groups in total. The molecule has 1 aromatic rings. The predicted molar refractivity (Wildman–Crippen MR) is 51.7 cm³/mol. The third kappa shape index (κ3) is 2.66. The normalized spacial score (nSPS) is 10.7. The highest BCUT2D eigenvalue weighted by Gasteiger charge is 2.08. The van der Waals surface area contributed by atoms with Crippen LogP contribution in [-0.2, 0) is 10.8 Å². The monoisotopic (exact) mass is 283 g/mol. The third-order valence-electron chi connectivity index (χ3n) is 1.48. The van der Waals surface area contributed by atoms with Crippen molar-refractivity contribution >= 4 is 22.6 Å².